The highest BCUT2D eigenvalue weighted by Gasteiger charge is 2.45. The van der Waals surface area contributed by atoms with E-state index >= 15 is 0 Å². The van der Waals surface area contributed by atoms with E-state index in [2.05, 4.69) is 21.3 Å². The molecule has 3 aromatic rings. The number of fused-ring (bicyclic) bond motifs is 4. The minimum Gasteiger partial charge on any atom is -0.493 e. The molecule has 29 nitrogen and oxygen atoms in total. The van der Waals surface area contributed by atoms with Crippen molar-refractivity contribution in [2.24, 2.45) is 16.8 Å². The van der Waals surface area contributed by atoms with Gasteiger partial charge >= 0.3 is 6.09 Å². The summed E-state index contributed by atoms with van der Waals surface area (Å²) in [6, 6.07) is 10.3. The van der Waals surface area contributed by atoms with Crippen molar-refractivity contribution in [2.45, 2.75) is 194 Å². The van der Waals surface area contributed by atoms with Crippen LogP contribution in [-0.2, 0) is 79.6 Å². The standard InChI is InChI=1S/C83H122N8O21/c1-58(2)78(88-75(92)26-30-102-32-34-104-36-38-106-40-42-108-44-45-109-43-41-107-39-37-105-35-33-103-31-27-84-76(93)48-62-20-16-13-11-9-8-10-12-14-17-21-62)80(96)86-61(5)79(95)87-65-24-22-63(23-25-65)57-112-83(99)91-69-53-74(72(101-7)51-67(69)81(97)90-56-60(4)47-70(90)82(91)98)111-29-19-15-18-28-110-73-52-68-64(49-71(73)100-6)50-77(94)89-55-59(3)46-66(89)54-85-68/h22-25,49,51-56,58,61-62,66,70,78,82,98H,8-21,26-48,50,57H2,1-7H3,(H,84,93)(H,86,96)(H,87,95)(H,88,92)/b85-54-/t61-,66?,70-,78-,82-/m0/s1. The summed E-state index contributed by atoms with van der Waals surface area (Å²) in [4.78, 5) is 103. The zero-order valence-corrected chi connectivity index (χ0v) is 66.9. The Balaban J connectivity index is 0.637. The van der Waals surface area contributed by atoms with Crippen LogP contribution < -0.4 is 45.1 Å². The molecular formula is C83H122N8O21. The summed E-state index contributed by atoms with van der Waals surface area (Å²) in [5.74, 6) is -0.0854. The fourth-order valence-corrected chi connectivity index (χ4v) is 13.8. The topological polar surface area (TPSA) is 330 Å². The van der Waals surface area contributed by atoms with Gasteiger partial charge in [-0.25, -0.2) is 9.69 Å². The number of nitrogens with zero attached hydrogens (tertiary/aromatic N) is 4. The second kappa shape index (κ2) is 49.4. The van der Waals surface area contributed by atoms with Gasteiger partial charge in [0.05, 0.1) is 169 Å². The van der Waals surface area contributed by atoms with Gasteiger partial charge in [0.15, 0.2) is 29.2 Å². The van der Waals surface area contributed by atoms with Gasteiger partial charge in [0.25, 0.3) is 5.91 Å². The summed E-state index contributed by atoms with van der Waals surface area (Å²) in [6.07, 6.45) is 20.8. The number of anilines is 2. The number of carbonyl (C=O) groups excluding carboxylic acids is 7. The van der Waals surface area contributed by atoms with Crippen molar-refractivity contribution in [3.05, 3.63) is 88.8 Å². The fraction of sp³-hybridized carbons (Fsp3) is 0.639. The Morgan fingerprint density at radius 3 is 1.67 bits per heavy atom. The molecule has 8 rings (SSSR count). The third-order valence-electron chi connectivity index (χ3n) is 19.9. The Morgan fingerprint density at radius 1 is 0.571 bits per heavy atom. The fourth-order valence-electron chi connectivity index (χ4n) is 13.8. The molecule has 1 saturated carbocycles. The lowest BCUT2D eigenvalue weighted by atomic mass is 9.90. The normalized spacial score (nSPS) is 18.2. The summed E-state index contributed by atoms with van der Waals surface area (Å²) in [5.41, 5.74) is 4.45. The highest BCUT2D eigenvalue weighted by molar-refractivity contribution is 6.06. The van der Waals surface area contributed by atoms with Crippen LogP contribution in [0.4, 0.5) is 21.9 Å². The molecule has 4 aliphatic heterocycles. The van der Waals surface area contributed by atoms with Crippen molar-refractivity contribution in [1.29, 1.82) is 0 Å². The molecule has 1 fully saturated rings. The number of nitrogens with one attached hydrogen (secondary N) is 4. The van der Waals surface area contributed by atoms with E-state index in [0.29, 0.717) is 172 Å². The number of aliphatic hydroxyl groups excluding tert-OH is 1. The van der Waals surface area contributed by atoms with Crippen LogP contribution in [0.1, 0.15) is 172 Å². The number of benzene rings is 3. The molecular weight excluding hydrogens is 1440 g/mol. The van der Waals surface area contributed by atoms with Crippen LogP contribution in [0.5, 0.6) is 23.0 Å². The Kier molecular flexibility index (Phi) is 39.4. The second-order valence-electron chi connectivity index (χ2n) is 29.2. The van der Waals surface area contributed by atoms with Crippen molar-refractivity contribution >= 4 is 64.8 Å². The average molecular weight is 1570 g/mol. The molecule has 0 aromatic heterocycles. The number of ether oxygens (including phenoxy) is 13. The monoisotopic (exact) mass is 1570 g/mol. The van der Waals surface area contributed by atoms with Crippen molar-refractivity contribution in [1.82, 2.24) is 25.8 Å². The van der Waals surface area contributed by atoms with Crippen LogP contribution in [0.25, 0.3) is 0 Å². The molecule has 0 radical (unpaired) electrons. The molecule has 112 heavy (non-hydrogen) atoms. The van der Waals surface area contributed by atoms with Crippen LogP contribution in [0, 0.1) is 11.8 Å². The predicted molar refractivity (Wildman–Crippen MR) is 421 cm³/mol. The Morgan fingerprint density at radius 2 is 1.10 bits per heavy atom. The maximum absolute atomic E-state index is 14.3. The van der Waals surface area contributed by atoms with Gasteiger partial charge in [-0.1, -0.05) is 94.9 Å². The largest absolute Gasteiger partial charge is 0.493 e. The zero-order valence-electron chi connectivity index (χ0n) is 66.9. The number of rotatable bonds is 47. The second-order valence-corrected chi connectivity index (χ2v) is 29.2. The first kappa shape index (κ1) is 89.3. The van der Waals surface area contributed by atoms with Gasteiger partial charge in [-0.15, -0.1) is 0 Å². The highest BCUT2D eigenvalue weighted by atomic mass is 16.6. The summed E-state index contributed by atoms with van der Waals surface area (Å²) >= 11 is 0. The SMILES string of the molecule is COc1cc2c(cc1OCCCCCOc1cc3c(cc1OC)C(=O)N1C=C(C)C[C@H]1[C@H](O)N3C(=O)OCc1ccc(NC(=O)[C@H](C)NC(=O)[C@@H](NC(=O)CCOCCOCCOCCOCCOCCOCCOCCOCCNC(=O)CC3CCCCCCCCCCC3)C(C)C)cc1)/N=C\C1CC(C)=CN1C(=O)C2. The molecule has 4 heterocycles. The van der Waals surface area contributed by atoms with Gasteiger partial charge in [0.2, 0.25) is 29.5 Å². The molecule has 620 valence electrons. The van der Waals surface area contributed by atoms with Gasteiger partial charge < -0.3 is 97.8 Å². The van der Waals surface area contributed by atoms with Crippen LogP contribution in [0.15, 0.2) is 77.1 Å². The summed E-state index contributed by atoms with van der Waals surface area (Å²) in [5, 5.41) is 23.2. The number of aliphatic hydroxyl groups is 1. The summed E-state index contributed by atoms with van der Waals surface area (Å²) in [6.45, 7) is 16.0. The van der Waals surface area contributed by atoms with Gasteiger partial charge in [0.1, 0.15) is 18.7 Å². The smallest absolute Gasteiger partial charge is 0.416 e. The summed E-state index contributed by atoms with van der Waals surface area (Å²) < 4.78 is 74.3. The maximum Gasteiger partial charge on any atom is 0.416 e. The number of carbonyl (C=O) groups is 7. The van der Waals surface area contributed by atoms with Gasteiger partial charge in [-0.3, -0.25) is 33.8 Å². The van der Waals surface area contributed by atoms with Crippen molar-refractivity contribution in [3.63, 3.8) is 0 Å². The quantitative estimate of drug-likeness (QED) is 0.0328. The number of unbranched alkanes of at least 4 members (excludes halogenated alkanes) is 2. The molecule has 1 unspecified atom stereocenters. The average Bonchev–Trinajstić information content (AvgIpc) is 1.59. The van der Waals surface area contributed by atoms with Crippen molar-refractivity contribution in [2.75, 3.05) is 150 Å². The van der Waals surface area contributed by atoms with E-state index < -0.39 is 54.1 Å². The Hall–Kier alpha value is -8.26. The number of hydrogen-bond acceptors (Lipinski definition) is 22. The van der Waals surface area contributed by atoms with E-state index in [1.807, 2.05) is 32.3 Å². The lowest BCUT2D eigenvalue weighted by Gasteiger charge is -2.31. The number of methoxy groups -OCH3 is 2. The first-order chi connectivity index (χ1) is 54.4. The van der Waals surface area contributed by atoms with Gasteiger partial charge in [-0.05, 0) is 113 Å². The third kappa shape index (κ3) is 29.9. The Bertz CT molecular complexity index is 3530. The molecule has 0 spiro atoms. The summed E-state index contributed by atoms with van der Waals surface area (Å²) in [7, 11) is 3.00. The van der Waals surface area contributed by atoms with E-state index in [0.717, 1.165) is 40.9 Å². The molecule has 1 aliphatic carbocycles. The van der Waals surface area contributed by atoms with E-state index in [9.17, 15) is 38.7 Å². The van der Waals surface area contributed by atoms with Crippen LogP contribution in [0.3, 0.4) is 0 Å². The van der Waals surface area contributed by atoms with Crippen molar-refractivity contribution < 1.29 is 100 Å². The molecule has 5 aliphatic rings. The first-order valence-corrected chi connectivity index (χ1v) is 40.1. The predicted octanol–water partition coefficient (Wildman–Crippen LogP) is 10.2. The van der Waals surface area contributed by atoms with Gasteiger partial charge in [0, 0.05) is 55.8 Å². The molecule has 29 heteroatoms. The molecule has 7 amide bonds. The zero-order chi connectivity index (χ0) is 79.8. The minimum absolute atomic E-state index is 0.00236. The third-order valence-corrected chi connectivity index (χ3v) is 19.9. The molecule has 5 N–H and O–H groups in total. The van der Waals surface area contributed by atoms with Gasteiger partial charge in [-0.2, -0.15) is 0 Å². The lowest BCUT2D eigenvalue weighted by Crippen LogP contribution is -2.53. The highest BCUT2D eigenvalue weighted by Crippen LogP contribution is 2.43. The lowest BCUT2D eigenvalue weighted by molar-refractivity contribution is -0.132. The Labute approximate surface area is 660 Å². The van der Waals surface area contributed by atoms with Crippen LogP contribution in [-0.4, -0.2) is 233 Å². The molecule has 0 bridgehead atoms. The first-order valence-electron chi connectivity index (χ1n) is 40.1. The maximum atomic E-state index is 14.3. The number of hydrogen-bond donors (Lipinski definition) is 5. The van der Waals surface area contributed by atoms with E-state index in [1.165, 1.54) is 88.9 Å². The van der Waals surface area contributed by atoms with Crippen LogP contribution in [0.2, 0.25) is 0 Å². The van der Waals surface area contributed by atoms with E-state index in [1.54, 1.807) is 62.4 Å². The van der Waals surface area contributed by atoms with E-state index in [4.69, 9.17) is 66.6 Å². The number of aliphatic imine (C=N–C) groups is 1. The molecule has 0 saturated heterocycles. The minimum atomic E-state index is -1.52. The van der Waals surface area contributed by atoms with Crippen LogP contribution >= 0.6 is 0 Å². The van der Waals surface area contributed by atoms with E-state index in [-0.39, 0.29) is 85.8 Å². The molecule has 3 aromatic carbocycles. The van der Waals surface area contributed by atoms with Crippen molar-refractivity contribution in [3.8, 4) is 23.0 Å². The molecule has 5 atom stereocenters. The number of amides is 7.